The van der Waals surface area contributed by atoms with Crippen LogP contribution in [0.1, 0.15) is 48.9 Å². The van der Waals surface area contributed by atoms with Crippen molar-refractivity contribution >= 4 is 29.5 Å². The molecule has 2 aromatic heterocycles. The predicted molar refractivity (Wildman–Crippen MR) is 159 cm³/mol. The highest BCUT2D eigenvalue weighted by Gasteiger charge is 2.41. The maximum absolute atomic E-state index is 12.9. The van der Waals surface area contributed by atoms with Crippen LogP contribution in [0.15, 0.2) is 18.6 Å². The fourth-order valence-electron chi connectivity index (χ4n) is 5.67. The number of aliphatic carboxylic acids is 3. The van der Waals surface area contributed by atoms with Crippen LogP contribution in [-0.4, -0.2) is 116 Å². The first-order chi connectivity index (χ1) is 21.9. The summed E-state index contributed by atoms with van der Waals surface area (Å²) in [4.78, 5) is 61.0. The molecular weight excluding hydrogens is 606 g/mol. The van der Waals surface area contributed by atoms with Gasteiger partial charge in [-0.25, -0.2) is 19.7 Å². The molecule has 5 rings (SSSR count). The first-order valence-electron chi connectivity index (χ1n) is 14.9. The molecule has 0 spiro atoms. The Morgan fingerprint density at radius 3 is 2.30 bits per heavy atom. The van der Waals surface area contributed by atoms with Gasteiger partial charge in [0, 0.05) is 50.6 Å². The molecule has 2 saturated heterocycles. The van der Waals surface area contributed by atoms with E-state index < -0.39 is 36.4 Å². The second-order valence-corrected chi connectivity index (χ2v) is 11.5. The third kappa shape index (κ3) is 8.57. The van der Waals surface area contributed by atoms with E-state index in [0.29, 0.717) is 38.1 Å². The topological polar surface area (TPSA) is 222 Å². The van der Waals surface area contributed by atoms with Crippen LogP contribution >= 0.6 is 0 Å². The lowest BCUT2D eigenvalue weighted by Crippen LogP contribution is -2.42. The van der Waals surface area contributed by atoms with Crippen molar-refractivity contribution in [3.8, 4) is 11.8 Å². The predicted octanol–water partition coefficient (Wildman–Crippen LogP) is 0.909. The first kappa shape index (κ1) is 34.3. The van der Waals surface area contributed by atoms with Crippen molar-refractivity contribution in [2.24, 2.45) is 5.92 Å². The molecule has 1 unspecified atom stereocenters. The summed E-state index contributed by atoms with van der Waals surface area (Å²) in [5, 5.41) is 33.8. The minimum atomic E-state index is -2.74. The number of rotatable bonds is 10. The standard InChI is InChI=1S/C24H31N5O4.C6H8O7/c1-16-11-18(12-25-22(16)31-2)28-8-4-21-20(14-28)23(27-15-26-21)33-19-3-7-29(13-19)24(30)17-5-9-32-10-6-17;7-3(8)1-6(13,5(11)12)2-4(9)10/h11-12,15,17,19H,3-10,13-14H2,1-2H3;13H,1-2H2,(H,7,8)(H,9,10)(H,11,12). The van der Waals surface area contributed by atoms with E-state index in [9.17, 15) is 19.2 Å². The van der Waals surface area contributed by atoms with Gasteiger partial charge in [-0.05, 0) is 25.8 Å². The molecule has 0 bridgehead atoms. The van der Waals surface area contributed by atoms with E-state index in [4.69, 9.17) is 34.6 Å². The van der Waals surface area contributed by atoms with E-state index in [0.717, 1.165) is 61.3 Å². The number of carboxylic acid groups (broad SMARTS) is 3. The molecule has 46 heavy (non-hydrogen) atoms. The number of ether oxygens (including phenoxy) is 3. The number of pyridine rings is 1. The summed E-state index contributed by atoms with van der Waals surface area (Å²) in [6.45, 7) is 6.22. The molecular formula is C30H39N5O11. The van der Waals surface area contributed by atoms with Crippen molar-refractivity contribution < 1.29 is 53.8 Å². The number of carbonyl (C=O) groups is 4. The normalized spacial score (nSPS) is 18.2. The van der Waals surface area contributed by atoms with Crippen LogP contribution in [0, 0.1) is 12.8 Å². The van der Waals surface area contributed by atoms with Crippen molar-refractivity contribution in [3.05, 3.63) is 35.4 Å². The summed E-state index contributed by atoms with van der Waals surface area (Å²) in [6, 6.07) is 2.10. The molecule has 0 radical (unpaired) electrons. The lowest BCUT2D eigenvalue weighted by atomic mass is 9.96. The number of anilines is 1. The fourth-order valence-corrected chi connectivity index (χ4v) is 5.67. The molecule has 3 aliphatic rings. The van der Waals surface area contributed by atoms with Gasteiger partial charge in [-0.15, -0.1) is 0 Å². The van der Waals surface area contributed by atoms with E-state index in [2.05, 4.69) is 25.9 Å². The van der Waals surface area contributed by atoms with E-state index in [1.807, 2.05) is 18.0 Å². The molecule has 0 aromatic carbocycles. The van der Waals surface area contributed by atoms with Crippen LogP contribution < -0.4 is 14.4 Å². The maximum Gasteiger partial charge on any atom is 0.336 e. The molecule has 0 aliphatic carbocycles. The number of methoxy groups -OCH3 is 1. The number of likely N-dealkylation sites (tertiary alicyclic amines) is 1. The number of aromatic nitrogens is 3. The van der Waals surface area contributed by atoms with Gasteiger partial charge in [0.05, 0.1) is 56.2 Å². The molecule has 5 heterocycles. The minimum Gasteiger partial charge on any atom is -0.481 e. The zero-order chi connectivity index (χ0) is 33.4. The number of hydrogen-bond acceptors (Lipinski definition) is 12. The number of carbonyl (C=O) groups excluding carboxylic acids is 1. The Kier molecular flexibility index (Phi) is 11.3. The Balaban J connectivity index is 0.000000315. The van der Waals surface area contributed by atoms with E-state index in [1.54, 1.807) is 13.4 Å². The first-order valence-corrected chi connectivity index (χ1v) is 14.9. The highest BCUT2D eigenvalue weighted by Crippen LogP contribution is 2.31. The Hall–Kier alpha value is -4.57. The van der Waals surface area contributed by atoms with Gasteiger partial charge in [-0.1, -0.05) is 0 Å². The maximum atomic E-state index is 12.9. The SMILES string of the molecule is COc1ncc(N2CCc3ncnc(OC4CCN(C(=O)C5CCOCC5)C4)c3C2)cc1C.O=C(O)CC(O)(CC(=O)O)C(=O)O. The Labute approximate surface area is 264 Å². The highest BCUT2D eigenvalue weighted by atomic mass is 16.5. The molecule has 1 atom stereocenters. The molecule has 1 amide bonds. The summed E-state index contributed by atoms with van der Waals surface area (Å²) in [5.74, 6) is -3.42. The number of aryl methyl sites for hydroxylation is 1. The molecule has 4 N–H and O–H groups in total. The third-order valence-electron chi connectivity index (χ3n) is 8.13. The van der Waals surface area contributed by atoms with Crippen molar-refractivity contribution in [1.82, 2.24) is 19.9 Å². The Morgan fingerprint density at radius 1 is 1.00 bits per heavy atom. The summed E-state index contributed by atoms with van der Waals surface area (Å²) >= 11 is 0. The van der Waals surface area contributed by atoms with Crippen molar-refractivity contribution in [2.45, 2.75) is 63.7 Å². The number of carboxylic acids is 3. The minimum absolute atomic E-state index is 0.0481. The van der Waals surface area contributed by atoms with Crippen molar-refractivity contribution in [3.63, 3.8) is 0 Å². The van der Waals surface area contributed by atoms with Gasteiger partial charge < -0.3 is 44.4 Å². The molecule has 2 aromatic rings. The largest absolute Gasteiger partial charge is 0.481 e. The van der Waals surface area contributed by atoms with E-state index in [-0.39, 0.29) is 17.9 Å². The average Bonchev–Trinajstić information content (AvgIpc) is 3.49. The second kappa shape index (κ2) is 15.1. The van der Waals surface area contributed by atoms with Crippen LogP contribution in [0.5, 0.6) is 11.8 Å². The van der Waals surface area contributed by atoms with E-state index >= 15 is 0 Å². The monoisotopic (exact) mass is 645 g/mol. The summed E-state index contributed by atoms with van der Waals surface area (Å²) < 4.78 is 17.1. The van der Waals surface area contributed by atoms with Gasteiger partial charge in [0.25, 0.3) is 0 Å². The number of aliphatic hydroxyl groups is 1. The number of hydrogen-bond donors (Lipinski definition) is 4. The van der Waals surface area contributed by atoms with Crippen LogP contribution in [0.3, 0.4) is 0 Å². The zero-order valence-corrected chi connectivity index (χ0v) is 25.8. The van der Waals surface area contributed by atoms with Gasteiger partial charge in [-0.2, -0.15) is 0 Å². The van der Waals surface area contributed by atoms with E-state index in [1.165, 1.54) is 0 Å². The number of fused-ring (bicyclic) bond motifs is 1. The number of nitrogens with zero attached hydrogens (tertiary/aromatic N) is 5. The fraction of sp³-hybridized carbons (Fsp3) is 0.567. The second-order valence-electron chi connectivity index (χ2n) is 11.5. The smallest absolute Gasteiger partial charge is 0.336 e. The van der Waals surface area contributed by atoms with Crippen molar-refractivity contribution in [1.29, 1.82) is 0 Å². The van der Waals surface area contributed by atoms with Gasteiger partial charge in [0.2, 0.25) is 17.7 Å². The van der Waals surface area contributed by atoms with Gasteiger partial charge in [0.15, 0.2) is 5.60 Å². The van der Waals surface area contributed by atoms with Crippen LogP contribution in [0.2, 0.25) is 0 Å². The Bertz CT molecular complexity index is 1420. The summed E-state index contributed by atoms with van der Waals surface area (Å²) in [6.07, 6.45) is 4.36. The molecule has 16 heteroatoms. The van der Waals surface area contributed by atoms with Crippen LogP contribution in [-0.2, 0) is 36.9 Å². The molecule has 3 aliphatic heterocycles. The van der Waals surface area contributed by atoms with Crippen LogP contribution in [0.25, 0.3) is 0 Å². The lowest BCUT2D eigenvalue weighted by Gasteiger charge is -2.31. The van der Waals surface area contributed by atoms with Crippen LogP contribution in [0.4, 0.5) is 5.69 Å². The quantitative estimate of drug-likeness (QED) is 0.282. The zero-order valence-electron chi connectivity index (χ0n) is 25.8. The highest BCUT2D eigenvalue weighted by molar-refractivity contribution is 5.88. The van der Waals surface area contributed by atoms with Gasteiger partial charge in [0.1, 0.15) is 12.4 Å². The Morgan fingerprint density at radius 2 is 1.70 bits per heavy atom. The molecule has 0 saturated carbocycles. The van der Waals surface area contributed by atoms with Gasteiger partial charge in [-0.3, -0.25) is 14.4 Å². The molecule has 16 nitrogen and oxygen atoms in total. The average molecular weight is 646 g/mol. The number of amides is 1. The van der Waals surface area contributed by atoms with Crippen molar-refractivity contribution in [2.75, 3.05) is 44.9 Å². The molecule has 2 fully saturated rings. The third-order valence-corrected chi connectivity index (χ3v) is 8.13. The molecule has 250 valence electrons. The summed E-state index contributed by atoms with van der Waals surface area (Å²) in [5.41, 5.74) is 1.36. The lowest BCUT2D eigenvalue weighted by molar-refractivity contribution is -0.170. The van der Waals surface area contributed by atoms with Gasteiger partial charge >= 0.3 is 17.9 Å². The summed E-state index contributed by atoms with van der Waals surface area (Å²) in [7, 11) is 1.63.